The number of carbonyl (C=O) groups excluding carboxylic acids is 1. The van der Waals surface area contributed by atoms with Crippen LogP contribution in [-0.2, 0) is 0 Å². The van der Waals surface area contributed by atoms with Crippen LogP contribution in [0.1, 0.15) is 21.7 Å². The highest BCUT2D eigenvalue weighted by Crippen LogP contribution is 2.29. The van der Waals surface area contributed by atoms with E-state index in [1.165, 1.54) is 17.4 Å². The van der Waals surface area contributed by atoms with E-state index in [0.29, 0.717) is 16.1 Å². The average molecular weight is 350 g/mol. The molecule has 0 aliphatic carbocycles. The van der Waals surface area contributed by atoms with Crippen LogP contribution in [0.4, 0.5) is 5.13 Å². The quantitative estimate of drug-likeness (QED) is 0.586. The number of thiazole rings is 1. The van der Waals surface area contributed by atoms with E-state index in [4.69, 9.17) is 4.42 Å². The van der Waals surface area contributed by atoms with Crippen molar-refractivity contribution in [2.45, 2.75) is 13.8 Å². The van der Waals surface area contributed by atoms with Crippen LogP contribution in [0, 0.1) is 13.8 Å². The number of rotatable bonds is 2. The lowest BCUT2D eigenvalue weighted by molar-refractivity contribution is 0.0997. The molecule has 6 heteroatoms. The smallest absolute Gasteiger partial charge is 0.293 e. The van der Waals surface area contributed by atoms with Gasteiger partial charge in [-0.3, -0.25) is 14.9 Å². The van der Waals surface area contributed by atoms with Crippen molar-refractivity contribution in [1.29, 1.82) is 0 Å². The zero-order chi connectivity index (χ0) is 17.6. The van der Waals surface area contributed by atoms with E-state index in [2.05, 4.69) is 16.4 Å². The predicted octanol–water partition coefficient (Wildman–Crippen LogP) is 4.27. The van der Waals surface area contributed by atoms with Crippen LogP contribution in [0.15, 0.2) is 51.7 Å². The molecule has 0 unspecified atom stereocenters. The monoisotopic (exact) mass is 350 g/mol. The molecular weight excluding hydrogens is 336 g/mol. The van der Waals surface area contributed by atoms with Gasteiger partial charge < -0.3 is 4.42 Å². The first-order valence-electron chi connectivity index (χ1n) is 7.73. The van der Waals surface area contributed by atoms with Gasteiger partial charge in [-0.05, 0) is 43.2 Å². The van der Waals surface area contributed by atoms with Crippen LogP contribution in [0.3, 0.4) is 0 Å². The summed E-state index contributed by atoms with van der Waals surface area (Å²) in [5, 5.41) is 3.65. The molecule has 1 N–H and O–H groups in total. The molecule has 25 heavy (non-hydrogen) atoms. The van der Waals surface area contributed by atoms with E-state index in [0.717, 1.165) is 21.3 Å². The molecule has 5 nitrogen and oxygen atoms in total. The fourth-order valence-corrected chi connectivity index (χ4v) is 3.84. The van der Waals surface area contributed by atoms with E-state index < -0.39 is 5.91 Å². The maximum absolute atomic E-state index is 12.5. The second-order valence-electron chi connectivity index (χ2n) is 5.87. The van der Waals surface area contributed by atoms with Gasteiger partial charge in [0, 0.05) is 6.07 Å². The molecule has 2 heterocycles. The number of hydrogen-bond donors (Lipinski definition) is 1. The van der Waals surface area contributed by atoms with E-state index in [9.17, 15) is 9.59 Å². The van der Waals surface area contributed by atoms with Crippen LogP contribution in [0.2, 0.25) is 0 Å². The number of aromatic nitrogens is 1. The van der Waals surface area contributed by atoms with Gasteiger partial charge in [-0.25, -0.2) is 4.98 Å². The van der Waals surface area contributed by atoms with Gasteiger partial charge in [-0.1, -0.05) is 29.5 Å². The van der Waals surface area contributed by atoms with E-state index in [1.54, 1.807) is 24.3 Å². The first-order valence-corrected chi connectivity index (χ1v) is 8.55. The minimum absolute atomic E-state index is 0.0316. The molecule has 0 saturated heterocycles. The van der Waals surface area contributed by atoms with Crippen molar-refractivity contribution in [2.75, 3.05) is 5.32 Å². The number of carbonyl (C=O) groups is 1. The lowest BCUT2D eigenvalue weighted by atomic mass is 10.1. The molecule has 4 aromatic rings. The van der Waals surface area contributed by atoms with Crippen molar-refractivity contribution < 1.29 is 9.21 Å². The fourth-order valence-electron chi connectivity index (χ4n) is 2.80. The Morgan fingerprint density at radius 1 is 1.16 bits per heavy atom. The summed E-state index contributed by atoms with van der Waals surface area (Å²) in [6.07, 6.45) is 0. The van der Waals surface area contributed by atoms with Gasteiger partial charge in [-0.2, -0.15) is 0 Å². The number of amides is 1. The molecule has 0 fully saturated rings. The molecule has 1 amide bonds. The molecule has 2 aromatic heterocycles. The first kappa shape index (κ1) is 15.5. The predicted molar refractivity (Wildman–Crippen MR) is 99.5 cm³/mol. The van der Waals surface area contributed by atoms with Gasteiger partial charge >= 0.3 is 0 Å². The molecule has 124 valence electrons. The van der Waals surface area contributed by atoms with E-state index >= 15 is 0 Å². The third kappa shape index (κ3) is 2.81. The van der Waals surface area contributed by atoms with E-state index in [-0.39, 0.29) is 11.2 Å². The van der Waals surface area contributed by atoms with Crippen molar-refractivity contribution in [2.24, 2.45) is 0 Å². The Kier molecular flexibility index (Phi) is 3.62. The highest BCUT2D eigenvalue weighted by molar-refractivity contribution is 7.22. The number of nitrogens with zero attached hydrogens (tertiary/aromatic N) is 1. The van der Waals surface area contributed by atoms with Crippen LogP contribution in [0.25, 0.3) is 21.2 Å². The second kappa shape index (κ2) is 5.82. The Balaban J connectivity index is 1.70. The molecule has 4 rings (SSSR count). The summed E-state index contributed by atoms with van der Waals surface area (Å²) in [6.45, 7) is 4.01. The highest BCUT2D eigenvalue weighted by Gasteiger charge is 2.15. The number of aryl methyl sites for hydroxylation is 2. The SMILES string of the molecule is Cc1cc(C)c2nc(NC(=O)c3cc(=O)c4ccccc4o3)sc2c1. The topological polar surface area (TPSA) is 72.2 Å². The van der Waals surface area contributed by atoms with Crippen LogP contribution in [0.5, 0.6) is 0 Å². The van der Waals surface area contributed by atoms with Gasteiger partial charge in [-0.15, -0.1) is 0 Å². The normalized spacial score (nSPS) is 11.1. The fraction of sp³-hybridized carbons (Fsp3) is 0.105. The third-order valence-corrected chi connectivity index (χ3v) is 4.83. The maximum atomic E-state index is 12.5. The van der Waals surface area contributed by atoms with Crippen molar-refractivity contribution in [3.05, 3.63) is 69.6 Å². The highest BCUT2D eigenvalue weighted by atomic mass is 32.1. The van der Waals surface area contributed by atoms with Gasteiger partial charge in [0.15, 0.2) is 16.3 Å². The zero-order valence-electron chi connectivity index (χ0n) is 13.6. The Labute approximate surface area is 146 Å². The standard InChI is InChI=1S/C19H14N2O3S/c1-10-7-11(2)17-16(8-10)25-19(20-17)21-18(23)15-9-13(22)12-5-3-4-6-14(12)24-15/h3-9H,1-2H3,(H,20,21,23). The van der Waals surface area contributed by atoms with Crippen molar-refractivity contribution in [3.8, 4) is 0 Å². The van der Waals surface area contributed by atoms with Crippen LogP contribution < -0.4 is 10.7 Å². The molecule has 0 aliphatic heterocycles. The third-order valence-electron chi connectivity index (χ3n) is 3.91. The summed E-state index contributed by atoms with van der Waals surface area (Å²) in [7, 11) is 0. The summed E-state index contributed by atoms with van der Waals surface area (Å²) >= 11 is 1.39. The molecular formula is C19H14N2O3S. The van der Waals surface area contributed by atoms with Gasteiger partial charge in [0.25, 0.3) is 5.91 Å². The Morgan fingerprint density at radius 3 is 2.80 bits per heavy atom. The molecule has 0 saturated carbocycles. The largest absolute Gasteiger partial charge is 0.451 e. The molecule has 0 atom stereocenters. The lowest BCUT2D eigenvalue weighted by Crippen LogP contribution is -2.14. The molecule has 0 spiro atoms. The Morgan fingerprint density at radius 2 is 1.96 bits per heavy atom. The number of para-hydroxylation sites is 1. The van der Waals surface area contributed by atoms with Crippen LogP contribution in [-0.4, -0.2) is 10.9 Å². The summed E-state index contributed by atoms with van der Waals surface area (Å²) in [5.74, 6) is -0.521. The second-order valence-corrected chi connectivity index (χ2v) is 6.90. The lowest BCUT2D eigenvalue weighted by Gasteiger charge is -2.02. The molecule has 0 bridgehead atoms. The minimum atomic E-state index is -0.490. The maximum Gasteiger partial charge on any atom is 0.293 e. The summed E-state index contributed by atoms with van der Waals surface area (Å²) in [5.41, 5.74) is 3.21. The molecule has 2 aromatic carbocycles. The molecule has 0 radical (unpaired) electrons. The van der Waals surface area contributed by atoms with Crippen molar-refractivity contribution >= 4 is 43.6 Å². The van der Waals surface area contributed by atoms with Gasteiger partial charge in [0.1, 0.15) is 5.58 Å². The van der Waals surface area contributed by atoms with Gasteiger partial charge in [0.2, 0.25) is 0 Å². The number of benzene rings is 2. The van der Waals surface area contributed by atoms with Gasteiger partial charge in [0.05, 0.1) is 15.6 Å². The summed E-state index contributed by atoms with van der Waals surface area (Å²) < 4.78 is 6.57. The summed E-state index contributed by atoms with van der Waals surface area (Å²) in [6, 6.07) is 12.1. The number of hydrogen-bond acceptors (Lipinski definition) is 5. The van der Waals surface area contributed by atoms with Crippen LogP contribution >= 0.6 is 11.3 Å². The Hall–Kier alpha value is -2.99. The first-order chi connectivity index (χ1) is 12.0. The summed E-state index contributed by atoms with van der Waals surface area (Å²) in [4.78, 5) is 29.1. The minimum Gasteiger partial charge on any atom is -0.451 e. The van der Waals surface area contributed by atoms with Crippen molar-refractivity contribution in [1.82, 2.24) is 4.98 Å². The number of nitrogens with one attached hydrogen (secondary N) is 1. The van der Waals surface area contributed by atoms with E-state index in [1.807, 2.05) is 19.9 Å². The number of fused-ring (bicyclic) bond motifs is 2. The van der Waals surface area contributed by atoms with Crippen molar-refractivity contribution in [3.63, 3.8) is 0 Å². The Bertz CT molecular complexity index is 1190. The zero-order valence-corrected chi connectivity index (χ0v) is 14.4. The molecule has 0 aliphatic rings. The average Bonchev–Trinajstić information content (AvgIpc) is 2.97. The number of anilines is 1.